The van der Waals surface area contributed by atoms with E-state index in [0.717, 1.165) is 0 Å². The third kappa shape index (κ3) is 1.61. The van der Waals surface area contributed by atoms with Crippen LogP contribution in [0, 0.1) is 5.82 Å². The van der Waals surface area contributed by atoms with Crippen LogP contribution in [0.15, 0.2) is 29.4 Å². The number of hydrogen-bond donors (Lipinski definition) is 1. The minimum absolute atomic E-state index is 0.354. The van der Waals surface area contributed by atoms with Crippen molar-refractivity contribution in [3.63, 3.8) is 0 Å². The van der Waals surface area contributed by atoms with E-state index in [0.29, 0.717) is 17.7 Å². The summed E-state index contributed by atoms with van der Waals surface area (Å²) in [6, 6.07) is 6.24. The van der Waals surface area contributed by atoms with Crippen molar-refractivity contribution in [2.75, 3.05) is 0 Å². The van der Waals surface area contributed by atoms with E-state index in [2.05, 4.69) is 5.16 Å². The first-order valence-corrected chi connectivity index (χ1v) is 3.75. The van der Waals surface area contributed by atoms with E-state index < -0.39 is 0 Å². The van der Waals surface area contributed by atoms with Crippen molar-refractivity contribution in [1.82, 2.24) is 0 Å². The molecule has 1 N–H and O–H groups in total. The van der Waals surface area contributed by atoms with Gasteiger partial charge in [0.15, 0.2) is 0 Å². The van der Waals surface area contributed by atoms with Crippen molar-refractivity contribution in [2.24, 2.45) is 5.16 Å². The Morgan fingerprint density at radius 1 is 1.50 bits per heavy atom. The fourth-order valence-corrected chi connectivity index (χ4v) is 1.01. The van der Waals surface area contributed by atoms with Crippen LogP contribution >= 0.6 is 0 Å². The van der Waals surface area contributed by atoms with E-state index in [1.165, 1.54) is 6.07 Å². The SMILES string of the molecule is CC/C(=N/O)c1ccccc1F. The van der Waals surface area contributed by atoms with Gasteiger partial charge in [0.2, 0.25) is 0 Å². The van der Waals surface area contributed by atoms with Gasteiger partial charge < -0.3 is 5.21 Å². The molecule has 64 valence electrons. The zero-order valence-corrected chi connectivity index (χ0v) is 6.79. The largest absolute Gasteiger partial charge is 0.411 e. The summed E-state index contributed by atoms with van der Waals surface area (Å²) in [6.07, 6.45) is 0.511. The van der Waals surface area contributed by atoms with Crippen LogP contribution in [0.4, 0.5) is 4.39 Å². The van der Waals surface area contributed by atoms with Crippen molar-refractivity contribution < 1.29 is 9.60 Å². The second-order valence-corrected chi connectivity index (χ2v) is 2.38. The molecule has 1 rings (SSSR count). The van der Waals surface area contributed by atoms with Gasteiger partial charge in [-0.3, -0.25) is 0 Å². The molecule has 0 amide bonds. The Kier molecular flexibility index (Phi) is 2.80. The van der Waals surface area contributed by atoms with Crippen LogP contribution in [-0.4, -0.2) is 10.9 Å². The summed E-state index contributed by atoms with van der Waals surface area (Å²) in [7, 11) is 0. The standard InChI is InChI=1S/C9H10FNO/c1-2-9(11-12)7-5-3-4-6-8(7)10/h3-6,12H,2H2,1H3/b11-9-. The number of benzene rings is 1. The van der Waals surface area contributed by atoms with Crippen LogP contribution in [0.1, 0.15) is 18.9 Å². The van der Waals surface area contributed by atoms with E-state index in [1.807, 2.05) is 6.92 Å². The molecular formula is C9H10FNO. The molecule has 0 radical (unpaired) electrons. The molecule has 0 unspecified atom stereocenters. The smallest absolute Gasteiger partial charge is 0.132 e. The van der Waals surface area contributed by atoms with Gasteiger partial charge in [-0.15, -0.1) is 0 Å². The summed E-state index contributed by atoms with van der Waals surface area (Å²) < 4.78 is 13.0. The van der Waals surface area contributed by atoms with Gasteiger partial charge in [-0.05, 0) is 12.5 Å². The number of rotatable bonds is 2. The van der Waals surface area contributed by atoms with Gasteiger partial charge >= 0.3 is 0 Å². The number of halogens is 1. The quantitative estimate of drug-likeness (QED) is 0.409. The molecule has 0 saturated carbocycles. The van der Waals surface area contributed by atoms with Gasteiger partial charge in [-0.1, -0.05) is 30.3 Å². The maximum Gasteiger partial charge on any atom is 0.132 e. The lowest BCUT2D eigenvalue weighted by atomic mass is 10.1. The average Bonchev–Trinajstić information content (AvgIpc) is 2.10. The van der Waals surface area contributed by atoms with E-state index in [9.17, 15) is 4.39 Å². The van der Waals surface area contributed by atoms with Gasteiger partial charge in [0, 0.05) is 5.56 Å². The maximum absolute atomic E-state index is 13.0. The average molecular weight is 167 g/mol. The van der Waals surface area contributed by atoms with Crippen molar-refractivity contribution in [3.8, 4) is 0 Å². The molecule has 0 aliphatic heterocycles. The lowest BCUT2D eigenvalue weighted by Crippen LogP contribution is -2.01. The Labute approximate surface area is 70.3 Å². The Bertz CT molecular complexity index is 296. The maximum atomic E-state index is 13.0. The molecule has 0 spiro atoms. The lowest BCUT2D eigenvalue weighted by molar-refractivity contribution is 0.318. The van der Waals surface area contributed by atoms with E-state index in [1.54, 1.807) is 18.2 Å². The van der Waals surface area contributed by atoms with Gasteiger partial charge in [-0.25, -0.2) is 4.39 Å². The van der Waals surface area contributed by atoms with E-state index >= 15 is 0 Å². The highest BCUT2D eigenvalue weighted by atomic mass is 19.1. The van der Waals surface area contributed by atoms with Crippen molar-refractivity contribution >= 4 is 5.71 Å². The van der Waals surface area contributed by atoms with Crippen molar-refractivity contribution in [3.05, 3.63) is 35.6 Å². The fraction of sp³-hybridized carbons (Fsp3) is 0.222. The molecule has 0 saturated heterocycles. The highest BCUT2D eigenvalue weighted by molar-refractivity contribution is 6.00. The van der Waals surface area contributed by atoms with Crippen LogP contribution in [-0.2, 0) is 0 Å². The summed E-state index contributed by atoms with van der Waals surface area (Å²) in [5.41, 5.74) is 0.732. The molecule has 1 aromatic rings. The zero-order valence-electron chi connectivity index (χ0n) is 6.79. The number of nitrogens with zero attached hydrogens (tertiary/aromatic N) is 1. The fourth-order valence-electron chi connectivity index (χ4n) is 1.01. The Hall–Kier alpha value is -1.38. The van der Waals surface area contributed by atoms with Crippen LogP contribution in [0.25, 0.3) is 0 Å². The molecule has 0 aliphatic rings. The predicted octanol–water partition coefficient (Wildman–Crippen LogP) is 2.41. The minimum atomic E-state index is -0.354. The third-order valence-electron chi connectivity index (χ3n) is 1.64. The lowest BCUT2D eigenvalue weighted by Gasteiger charge is -2.01. The van der Waals surface area contributed by atoms with Gasteiger partial charge in [-0.2, -0.15) is 0 Å². The van der Waals surface area contributed by atoms with Gasteiger partial charge in [0.1, 0.15) is 5.82 Å². The molecule has 12 heavy (non-hydrogen) atoms. The third-order valence-corrected chi connectivity index (χ3v) is 1.64. The first-order chi connectivity index (χ1) is 5.79. The molecule has 3 heteroatoms. The highest BCUT2D eigenvalue weighted by Gasteiger charge is 2.06. The van der Waals surface area contributed by atoms with Crippen LogP contribution < -0.4 is 0 Å². The van der Waals surface area contributed by atoms with Crippen LogP contribution in [0.3, 0.4) is 0 Å². The Morgan fingerprint density at radius 3 is 2.67 bits per heavy atom. The van der Waals surface area contributed by atoms with Crippen LogP contribution in [0.2, 0.25) is 0 Å². The van der Waals surface area contributed by atoms with Gasteiger partial charge in [0.25, 0.3) is 0 Å². The first-order valence-electron chi connectivity index (χ1n) is 3.75. The molecule has 0 aromatic heterocycles. The summed E-state index contributed by atoms with van der Waals surface area (Å²) in [5.74, 6) is -0.354. The molecule has 0 atom stereocenters. The first kappa shape index (κ1) is 8.71. The molecule has 0 heterocycles. The predicted molar refractivity (Wildman–Crippen MR) is 45.0 cm³/mol. The Morgan fingerprint density at radius 2 is 2.17 bits per heavy atom. The van der Waals surface area contributed by atoms with Gasteiger partial charge in [0.05, 0.1) is 5.71 Å². The molecule has 1 aromatic carbocycles. The number of hydrogen-bond acceptors (Lipinski definition) is 2. The molecule has 0 bridgehead atoms. The molecular weight excluding hydrogens is 157 g/mol. The summed E-state index contributed by atoms with van der Waals surface area (Å²) in [6.45, 7) is 1.81. The molecule has 0 aliphatic carbocycles. The highest BCUT2D eigenvalue weighted by Crippen LogP contribution is 2.09. The summed E-state index contributed by atoms with van der Waals surface area (Å²) in [5, 5.41) is 11.5. The minimum Gasteiger partial charge on any atom is -0.411 e. The number of oxime groups is 1. The second kappa shape index (κ2) is 3.85. The monoisotopic (exact) mass is 167 g/mol. The summed E-state index contributed by atoms with van der Waals surface area (Å²) >= 11 is 0. The van der Waals surface area contributed by atoms with Crippen molar-refractivity contribution in [1.29, 1.82) is 0 Å². The summed E-state index contributed by atoms with van der Waals surface area (Å²) in [4.78, 5) is 0. The second-order valence-electron chi connectivity index (χ2n) is 2.38. The Balaban J connectivity index is 3.10. The van der Waals surface area contributed by atoms with E-state index in [4.69, 9.17) is 5.21 Å². The zero-order chi connectivity index (χ0) is 8.97. The molecule has 0 fully saturated rings. The molecule has 2 nitrogen and oxygen atoms in total. The van der Waals surface area contributed by atoms with E-state index in [-0.39, 0.29) is 5.82 Å². The van der Waals surface area contributed by atoms with Crippen molar-refractivity contribution in [2.45, 2.75) is 13.3 Å². The normalized spacial score (nSPS) is 11.7. The topological polar surface area (TPSA) is 32.6 Å². The van der Waals surface area contributed by atoms with Crippen LogP contribution in [0.5, 0.6) is 0 Å².